The van der Waals surface area contributed by atoms with Crippen molar-refractivity contribution in [3.8, 4) is 0 Å². The van der Waals surface area contributed by atoms with Gasteiger partial charge in [-0.3, -0.25) is 0 Å². The Hall–Kier alpha value is -0.200. The number of alkyl halides is 2. The third kappa shape index (κ3) is 2.62. The van der Waals surface area contributed by atoms with Crippen molar-refractivity contribution in [3.63, 3.8) is 0 Å². The fraction of sp³-hybridized carbons (Fsp3) is 0.455. The SMILES string of the molecule is CCC(C)(Cl)c1ccc(CCl)cc1. The summed E-state index contributed by atoms with van der Waals surface area (Å²) in [4.78, 5) is -0.245. The van der Waals surface area contributed by atoms with Crippen LogP contribution in [-0.2, 0) is 10.8 Å². The van der Waals surface area contributed by atoms with Crippen LogP contribution in [0.2, 0.25) is 0 Å². The molecule has 0 fully saturated rings. The monoisotopic (exact) mass is 216 g/mol. The van der Waals surface area contributed by atoms with Crippen LogP contribution in [0.4, 0.5) is 0 Å². The molecule has 0 radical (unpaired) electrons. The number of benzene rings is 1. The van der Waals surface area contributed by atoms with Gasteiger partial charge in [-0.2, -0.15) is 0 Å². The summed E-state index contributed by atoms with van der Waals surface area (Å²) in [6, 6.07) is 8.15. The molecule has 13 heavy (non-hydrogen) atoms. The Morgan fingerprint density at radius 2 is 1.77 bits per heavy atom. The van der Waals surface area contributed by atoms with Crippen molar-refractivity contribution in [1.29, 1.82) is 0 Å². The van der Waals surface area contributed by atoms with E-state index in [4.69, 9.17) is 23.2 Å². The second kappa shape index (κ2) is 4.34. The van der Waals surface area contributed by atoms with Crippen molar-refractivity contribution >= 4 is 23.2 Å². The minimum Gasteiger partial charge on any atom is -0.122 e. The maximum atomic E-state index is 6.31. The van der Waals surface area contributed by atoms with Crippen LogP contribution in [-0.4, -0.2) is 0 Å². The van der Waals surface area contributed by atoms with Crippen LogP contribution in [0, 0.1) is 0 Å². The summed E-state index contributed by atoms with van der Waals surface area (Å²) >= 11 is 12.0. The maximum Gasteiger partial charge on any atom is 0.0664 e. The van der Waals surface area contributed by atoms with Gasteiger partial charge < -0.3 is 0 Å². The fourth-order valence-corrected chi connectivity index (χ4v) is 1.45. The Balaban J connectivity index is 2.92. The molecule has 0 saturated carbocycles. The van der Waals surface area contributed by atoms with E-state index in [1.807, 2.05) is 31.2 Å². The highest BCUT2D eigenvalue weighted by molar-refractivity contribution is 6.23. The van der Waals surface area contributed by atoms with E-state index < -0.39 is 0 Å². The largest absolute Gasteiger partial charge is 0.122 e. The Morgan fingerprint density at radius 1 is 1.23 bits per heavy atom. The number of halogens is 2. The standard InChI is InChI=1S/C11H14Cl2/c1-3-11(2,13)10-6-4-9(8-12)5-7-10/h4-7H,3,8H2,1-2H3. The van der Waals surface area contributed by atoms with Crippen molar-refractivity contribution in [2.45, 2.75) is 31.0 Å². The van der Waals surface area contributed by atoms with Gasteiger partial charge >= 0.3 is 0 Å². The Morgan fingerprint density at radius 3 is 2.15 bits per heavy atom. The summed E-state index contributed by atoms with van der Waals surface area (Å²) < 4.78 is 0. The van der Waals surface area contributed by atoms with Gasteiger partial charge in [0.15, 0.2) is 0 Å². The van der Waals surface area contributed by atoms with E-state index in [-0.39, 0.29) is 4.87 Å². The number of rotatable bonds is 3. The normalized spacial score (nSPS) is 15.4. The molecule has 0 bridgehead atoms. The van der Waals surface area contributed by atoms with Crippen molar-refractivity contribution in [3.05, 3.63) is 35.4 Å². The van der Waals surface area contributed by atoms with Crippen LogP contribution in [0.1, 0.15) is 31.4 Å². The Labute approximate surface area is 89.9 Å². The fourth-order valence-electron chi connectivity index (χ4n) is 1.15. The third-order valence-electron chi connectivity index (χ3n) is 2.37. The van der Waals surface area contributed by atoms with E-state index in [9.17, 15) is 0 Å². The molecule has 1 atom stereocenters. The molecule has 0 saturated heterocycles. The van der Waals surface area contributed by atoms with Gasteiger partial charge in [0.2, 0.25) is 0 Å². The minimum absolute atomic E-state index is 0.245. The van der Waals surface area contributed by atoms with Crippen LogP contribution in [0.25, 0.3) is 0 Å². The van der Waals surface area contributed by atoms with Gasteiger partial charge in [-0.15, -0.1) is 23.2 Å². The first-order valence-corrected chi connectivity index (χ1v) is 5.35. The van der Waals surface area contributed by atoms with Gasteiger partial charge in [-0.25, -0.2) is 0 Å². The van der Waals surface area contributed by atoms with Crippen LogP contribution in [0.5, 0.6) is 0 Å². The molecule has 1 aromatic carbocycles. The number of hydrogen-bond acceptors (Lipinski definition) is 0. The maximum absolute atomic E-state index is 6.31. The molecule has 0 nitrogen and oxygen atoms in total. The van der Waals surface area contributed by atoms with E-state index >= 15 is 0 Å². The predicted octanol–water partition coefficient (Wildman–Crippen LogP) is 4.29. The summed E-state index contributed by atoms with van der Waals surface area (Å²) in [6.07, 6.45) is 0.925. The zero-order valence-corrected chi connectivity index (χ0v) is 9.49. The van der Waals surface area contributed by atoms with Crippen molar-refractivity contribution in [1.82, 2.24) is 0 Å². The summed E-state index contributed by atoms with van der Waals surface area (Å²) in [5, 5.41) is 0. The van der Waals surface area contributed by atoms with E-state index in [0.29, 0.717) is 5.88 Å². The minimum atomic E-state index is -0.245. The lowest BCUT2D eigenvalue weighted by Gasteiger charge is -2.20. The van der Waals surface area contributed by atoms with E-state index in [2.05, 4.69) is 6.92 Å². The van der Waals surface area contributed by atoms with Gasteiger partial charge in [0, 0.05) is 5.88 Å². The molecule has 2 heteroatoms. The quantitative estimate of drug-likeness (QED) is 0.662. The zero-order chi connectivity index (χ0) is 9.90. The topological polar surface area (TPSA) is 0 Å². The second-order valence-electron chi connectivity index (χ2n) is 3.38. The molecule has 1 rings (SSSR count). The average Bonchev–Trinajstić information content (AvgIpc) is 2.18. The molecule has 1 unspecified atom stereocenters. The lowest BCUT2D eigenvalue weighted by molar-refractivity contribution is 0.650. The van der Waals surface area contributed by atoms with E-state index in [1.54, 1.807) is 0 Å². The summed E-state index contributed by atoms with van der Waals surface area (Å²) in [5.41, 5.74) is 2.29. The van der Waals surface area contributed by atoms with E-state index in [0.717, 1.165) is 17.5 Å². The van der Waals surface area contributed by atoms with Crippen LogP contribution in [0.15, 0.2) is 24.3 Å². The molecule has 0 aliphatic carbocycles. The first-order valence-electron chi connectivity index (χ1n) is 4.44. The predicted molar refractivity (Wildman–Crippen MR) is 59.5 cm³/mol. The zero-order valence-electron chi connectivity index (χ0n) is 7.98. The molecular formula is C11H14Cl2. The second-order valence-corrected chi connectivity index (χ2v) is 4.48. The molecule has 0 heterocycles. The number of hydrogen-bond donors (Lipinski definition) is 0. The Bertz CT molecular complexity index is 262. The van der Waals surface area contributed by atoms with Crippen LogP contribution >= 0.6 is 23.2 Å². The van der Waals surface area contributed by atoms with Crippen LogP contribution in [0.3, 0.4) is 0 Å². The third-order valence-corrected chi connectivity index (χ3v) is 3.17. The first kappa shape index (κ1) is 10.9. The summed E-state index contributed by atoms with van der Waals surface area (Å²) in [6.45, 7) is 4.12. The lowest BCUT2D eigenvalue weighted by atomic mass is 9.97. The molecule has 0 aromatic heterocycles. The highest BCUT2D eigenvalue weighted by Gasteiger charge is 2.20. The van der Waals surface area contributed by atoms with Gasteiger partial charge in [0.05, 0.1) is 4.87 Å². The highest BCUT2D eigenvalue weighted by atomic mass is 35.5. The van der Waals surface area contributed by atoms with E-state index in [1.165, 1.54) is 0 Å². The molecule has 0 spiro atoms. The van der Waals surface area contributed by atoms with Crippen molar-refractivity contribution in [2.75, 3.05) is 0 Å². The summed E-state index contributed by atoms with van der Waals surface area (Å²) in [7, 11) is 0. The average molecular weight is 217 g/mol. The molecule has 1 aromatic rings. The highest BCUT2D eigenvalue weighted by Crippen LogP contribution is 2.31. The lowest BCUT2D eigenvalue weighted by Crippen LogP contribution is -2.11. The van der Waals surface area contributed by atoms with Gasteiger partial charge in [0.1, 0.15) is 0 Å². The molecule has 0 aliphatic heterocycles. The molecule has 0 amide bonds. The van der Waals surface area contributed by atoms with Gasteiger partial charge in [-0.05, 0) is 24.5 Å². The molecule has 0 N–H and O–H groups in total. The smallest absolute Gasteiger partial charge is 0.0664 e. The van der Waals surface area contributed by atoms with Crippen LogP contribution < -0.4 is 0 Å². The molecule has 0 aliphatic rings. The first-order chi connectivity index (χ1) is 6.10. The van der Waals surface area contributed by atoms with Gasteiger partial charge in [0.25, 0.3) is 0 Å². The van der Waals surface area contributed by atoms with Gasteiger partial charge in [-0.1, -0.05) is 31.2 Å². The molecule has 72 valence electrons. The molecular weight excluding hydrogens is 203 g/mol. The summed E-state index contributed by atoms with van der Waals surface area (Å²) in [5.74, 6) is 0.561. The van der Waals surface area contributed by atoms with Crippen molar-refractivity contribution < 1.29 is 0 Å². The Kier molecular flexibility index (Phi) is 3.63. The van der Waals surface area contributed by atoms with Crippen molar-refractivity contribution in [2.24, 2.45) is 0 Å².